The Hall–Kier alpha value is -1.15. The second-order valence-electron chi connectivity index (χ2n) is 12.3. The van der Waals surface area contributed by atoms with Crippen LogP contribution in [-0.2, 0) is 73.0 Å². The summed E-state index contributed by atoms with van der Waals surface area (Å²) in [5.41, 5.74) is 7.40. The van der Waals surface area contributed by atoms with E-state index in [0.29, 0.717) is 43.2 Å². The van der Waals surface area contributed by atoms with Crippen LogP contribution in [0.2, 0.25) is 0 Å². The van der Waals surface area contributed by atoms with Gasteiger partial charge in [-0.05, 0) is 46.9 Å². The second kappa shape index (κ2) is 17.8. The maximum absolute atomic E-state index is 11.8. The molecule has 0 N–H and O–H groups in total. The first-order valence-electron chi connectivity index (χ1n) is 14.9. The van der Waals surface area contributed by atoms with Gasteiger partial charge in [-0.15, -0.1) is 0 Å². The largest absolute Gasteiger partial charge is 0 e. The molecule has 0 radical (unpaired) electrons. The number of rotatable bonds is 7. The van der Waals surface area contributed by atoms with Crippen LogP contribution in [0.15, 0.2) is 86.3 Å². The SMILES string of the molecule is Cc1c(C(C)C)cc(C(C)C)c(S(=O)(=O)[O-])c1C(C)C.Cc1ccc([S+](c2[c-][c]([Hg])c(C)cc2)c2ccc(C)cc2)cc1.[He].[Hf]. The van der Waals surface area contributed by atoms with Crippen LogP contribution in [0.5, 0.6) is 0 Å². The maximum atomic E-state index is 11.8. The quantitative estimate of drug-likeness (QED) is 0.0805. The van der Waals surface area contributed by atoms with E-state index in [-0.39, 0.29) is 59.6 Å². The maximum Gasteiger partial charge on any atom is 0 e. The zero-order valence-electron chi connectivity index (χ0n) is 28.5. The monoisotopic (exact) mass is 986 g/mol. The molecule has 0 unspecified atom stereocenters. The number of aryl methyl sites for hydroxylation is 3. The summed E-state index contributed by atoms with van der Waals surface area (Å²) in [7, 11) is -4.54. The smallest absolute Gasteiger partial charge is 0 e. The Bertz CT molecular complexity index is 1620. The van der Waals surface area contributed by atoms with E-state index < -0.39 is 10.1 Å². The third-order valence-electron chi connectivity index (χ3n) is 7.69. The first kappa shape index (κ1) is 41.9. The van der Waals surface area contributed by atoms with Crippen molar-refractivity contribution in [2.45, 2.75) is 107 Å². The fourth-order valence-electron chi connectivity index (χ4n) is 5.27. The van der Waals surface area contributed by atoms with Crippen LogP contribution >= 0.6 is 0 Å². The average molecular weight is 984 g/mol. The summed E-state index contributed by atoms with van der Waals surface area (Å²) in [5.74, 6) is 0.308. The summed E-state index contributed by atoms with van der Waals surface area (Å²) in [6.07, 6.45) is 0. The molecule has 0 heterocycles. The molecule has 45 heavy (non-hydrogen) atoms. The van der Waals surface area contributed by atoms with Crippen molar-refractivity contribution in [3.8, 4) is 0 Å². The molecule has 4 aromatic rings. The van der Waals surface area contributed by atoms with Crippen LogP contribution in [0.25, 0.3) is 0 Å². The number of benzene rings is 4. The van der Waals surface area contributed by atoms with Crippen LogP contribution in [0.1, 0.15) is 98.2 Å². The van der Waals surface area contributed by atoms with Crippen LogP contribution in [0.4, 0.5) is 0 Å². The van der Waals surface area contributed by atoms with Gasteiger partial charge in [-0.25, -0.2) is 8.42 Å². The van der Waals surface area contributed by atoms with Gasteiger partial charge in [0.15, 0.2) is 0 Å². The van der Waals surface area contributed by atoms with Crippen molar-refractivity contribution in [3.05, 3.63) is 112 Å². The first-order chi connectivity index (χ1) is 20.0. The third kappa shape index (κ3) is 10.7. The molecule has 0 fully saturated rings. The molecule has 0 amide bonds. The molecule has 0 bridgehead atoms. The van der Waals surface area contributed by atoms with Crippen molar-refractivity contribution in [1.82, 2.24) is 0 Å². The molecule has 0 spiro atoms. The van der Waals surface area contributed by atoms with Crippen LogP contribution in [0.3, 0.4) is 0 Å². The Morgan fingerprint density at radius 2 is 1.16 bits per heavy atom. The summed E-state index contributed by atoms with van der Waals surface area (Å²) in [6.45, 7) is 20.3. The van der Waals surface area contributed by atoms with E-state index in [4.69, 9.17) is 0 Å². The van der Waals surface area contributed by atoms with Crippen molar-refractivity contribution in [1.29, 1.82) is 0 Å². The minimum atomic E-state index is -4.47. The van der Waals surface area contributed by atoms with Gasteiger partial charge in [0.05, 0.1) is 4.90 Å². The molecule has 3 nitrogen and oxygen atoms in total. The van der Waals surface area contributed by atoms with Gasteiger partial charge in [-0.1, -0.05) is 47.6 Å². The Morgan fingerprint density at radius 1 is 0.711 bits per heavy atom. The summed E-state index contributed by atoms with van der Waals surface area (Å²) in [5, 5.41) is 0. The van der Waals surface area contributed by atoms with Crippen molar-refractivity contribution in [3.63, 3.8) is 0 Å². The zero-order valence-corrected chi connectivity index (χ0v) is 39.3. The van der Waals surface area contributed by atoms with Gasteiger partial charge < -0.3 is 4.55 Å². The average Bonchev–Trinajstić information content (AvgIpc) is 2.92. The fourth-order valence-corrected chi connectivity index (χ4v) is 10.2. The van der Waals surface area contributed by atoms with E-state index in [0.717, 1.165) is 11.1 Å². The normalized spacial score (nSPS) is 11.3. The molecule has 8 heteroatoms. The Balaban J connectivity index is 0.000000436. The van der Waals surface area contributed by atoms with Gasteiger partial charge >= 0.3 is 159 Å². The van der Waals surface area contributed by atoms with E-state index in [1.165, 1.54) is 34.4 Å². The number of hydrogen-bond acceptors (Lipinski definition) is 3. The predicted octanol–water partition coefficient (Wildman–Crippen LogP) is 8.95. The number of hydrogen-bond donors (Lipinski definition) is 0. The molecule has 0 aliphatic rings. The van der Waals surface area contributed by atoms with E-state index >= 15 is 0 Å². The summed E-state index contributed by atoms with van der Waals surface area (Å²) in [4.78, 5) is 4.05. The predicted molar refractivity (Wildman–Crippen MR) is 176 cm³/mol. The second-order valence-corrected chi connectivity index (χ2v) is 18.3. The topological polar surface area (TPSA) is 57.2 Å². The molecule has 0 saturated carbocycles. The first-order valence-corrected chi connectivity index (χ1v) is 20.3. The van der Waals surface area contributed by atoms with Gasteiger partial charge in [0.1, 0.15) is 10.1 Å². The van der Waals surface area contributed by atoms with Crippen LogP contribution in [0, 0.1) is 39.9 Å². The van der Waals surface area contributed by atoms with Crippen molar-refractivity contribution in [2.24, 2.45) is 0 Å². The van der Waals surface area contributed by atoms with Crippen LogP contribution < -0.4 is 3.07 Å². The molecule has 4 rings (SSSR count). The Kier molecular flexibility index (Phi) is 16.6. The fraction of sp³-hybridized carbons (Fsp3) is 0.351. The van der Waals surface area contributed by atoms with Gasteiger partial charge in [0.2, 0.25) is 0 Å². The molecule has 0 saturated heterocycles. The van der Waals surface area contributed by atoms with Crippen molar-refractivity contribution in [2.75, 3.05) is 0 Å². The summed E-state index contributed by atoms with van der Waals surface area (Å²) in [6, 6.07) is 28.0. The molecule has 231 valence electrons. The molecule has 0 aliphatic carbocycles. The van der Waals surface area contributed by atoms with Gasteiger partial charge in [0.25, 0.3) is 0 Å². The molecular formula is C37H44HeHfHgO3S2-. The van der Waals surface area contributed by atoms with E-state index in [1.54, 1.807) is 0 Å². The minimum absolute atomic E-state index is 0. The molecule has 0 atom stereocenters. The van der Waals surface area contributed by atoms with Gasteiger partial charge in [-0.3, -0.25) is 0 Å². The van der Waals surface area contributed by atoms with E-state index in [1.807, 2.05) is 40.7 Å². The molecule has 4 aromatic carbocycles. The summed E-state index contributed by atoms with van der Waals surface area (Å²) >= 11 is 0.600. The third-order valence-corrected chi connectivity index (χ3v) is 13.7. The van der Waals surface area contributed by atoms with E-state index in [2.05, 4.69) is 101 Å². The Labute approximate surface area is 310 Å². The zero-order chi connectivity index (χ0) is 32.2. The van der Waals surface area contributed by atoms with Crippen molar-refractivity contribution >= 4 is 24.1 Å². The van der Waals surface area contributed by atoms with Crippen molar-refractivity contribution < 1.29 is 71.1 Å². The van der Waals surface area contributed by atoms with Gasteiger partial charge in [-0.2, -0.15) is 0 Å². The standard InChI is InChI=1S/C21H19S.C16H26O3S.He.Hf.Hg/c1-16-4-10-19(11-5-16)22(20-12-6-17(2)7-13-20)21-14-8-18(3)9-15-21;1-9(2)13-8-14(10(3)4)16(20(17,18)19)15(11(5)6)12(13)7;;;/h4-8,10-14H,1-3H3;8-11H,1-7H3,(H,17,18,19);;;/p-1. The van der Waals surface area contributed by atoms with Crippen LogP contribution in [-0.4, -0.2) is 13.0 Å². The van der Waals surface area contributed by atoms with E-state index in [9.17, 15) is 13.0 Å². The van der Waals surface area contributed by atoms with Gasteiger partial charge in [0, 0.05) is 32.0 Å². The molecular weight excluding hydrogens is 940 g/mol. The Morgan fingerprint density at radius 3 is 1.51 bits per heavy atom. The minimum Gasteiger partial charge on any atom is 0 e. The summed E-state index contributed by atoms with van der Waals surface area (Å²) < 4.78 is 36.7. The molecule has 0 aliphatic heterocycles. The molecule has 0 aromatic heterocycles.